The van der Waals surface area contributed by atoms with Gasteiger partial charge < -0.3 is 16.2 Å². The number of aliphatic hydroxyl groups is 1. The van der Waals surface area contributed by atoms with Crippen LogP contribution in [-0.2, 0) is 4.79 Å². The van der Waals surface area contributed by atoms with Crippen LogP contribution in [0.2, 0.25) is 0 Å². The van der Waals surface area contributed by atoms with Crippen molar-refractivity contribution in [2.24, 2.45) is 0 Å². The third-order valence-electron chi connectivity index (χ3n) is 2.99. The van der Waals surface area contributed by atoms with Gasteiger partial charge in [0.25, 0.3) is 0 Å². The lowest BCUT2D eigenvalue weighted by molar-refractivity contribution is -0.121. The number of hydrogen-bond acceptors (Lipinski definition) is 3. The second-order valence-electron chi connectivity index (χ2n) is 4.68. The normalized spacial score (nSPS) is 16.3. The average molecular weight is 252 g/mol. The van der Waals surface area contributed by atoms with Gasteiger partial charge in [0.2, 0.25) is 5.91 Å². The maximum atomic E-state index is 13.0. The molecule has 0 spiro atoms. The first-order chi connectivity index (χ1) is 8.56. The van der Waals surface area contributed by atoms with Crippen LogP contribution in [0.3, 0.4) is 0 Å². The molecule has 1 saturated carbocycles. The zero-order chi connectivity index (χ0) is 13.1. The van der Waals surface area contributed by atoms with E-state index in [0.29, 0.717) is 18.0 Å². The van der Waals surface area contributed by atoms with Crippen LogP contribution in [0, 0.1) is 5.82 Å². The van der Waals surface area contributed by atoms with Crippen LogP contribution in [0.5, 0.6) is 0 Å². The number of rotatable bonds is 5. The number of amides is 1. The van der Waals surface area contributed by atoms with Crippen LogP contribution in [0.15, 0.2) is 18.2 Å². The molecule has 0 heterocycles. The van der Waals surface area contributed by atoms with Crippen molar-refractivity contribution in [2.75, 3.05) is 5.73 Å². The Balaban J connectivity index is 1.84. The molecule has 5 heteroatoms. The number of anilines is 1. The standard InChI is InChI=1S/C13H17FN2O2/c14-10-4-1-8(7-11(10)15)12(17)5-6-13(18)16-9-2-3-9/h1,4,7,9,12,17H,2-3,5-6,15H2,(H,16,18). The minimum atomic E-state index is -0.794. The summed E-state index contributed by atoms with van der Waals surface area (Å²) < 4.78 is 13.0. The Labute approximate surface area is 105 Å². The number of nitrogen functional groups attached to an aromatic ring is 1. The first kappa shape index (κ1) is 12.8. The summed E-state index contributed by atoms with van der Waals surface area (Å²) in [5.74, 6) is -0.552. The second kappa shape index (κ2) is 5.35. The number of nitrogens with one attached hydrogen (secondary N) is 1. The number of nitrogens with two attached hydrogens (primary N) is 1. The average Bonchev–Trinajstić information content (AvgIpc) is 3.13. The summed E-state index contributed by atoms with van der Waals surface area (Å²) in [5.41, 5.74) is 5.97. The molecule has 0 aliphatic heterocycles. The fourth-order valence-corrected chi connectivity index (χ4v) is 1.73. The SMILES string of the molecule is Nc1cc(C(O)CCC(=O)NC2CC2)ccc1F. The van der Waals surface area contributed by atoms with Gasteiger partial charge >= 0.3 is 0 Å². The van der Waals surface area contributed by atoms with Crippen molar-refractivity contribution < 1.29 is 14.3 Å². The Hall–Kier alpha value is -1.62. The first-order valence-electron chi connectivity index (χ1n) is 6.08. The minimum Gasteiger partial charge on any atom is -0.396 e. The quantitative estimate of drug-likeness (QED) is 0.695. The van der Waals surface area contributed by atoms with Crippen LogP contribution in [0.25, 0.3) is 0 Å². The van der Waals surface area contributed by atoms with E-state index in [0.717, 1.165) is 12.8 Å². The smallest absolute Gasteiger partial charge is 0.220 e. The number of carbonyl (C=O) groups excluding carboxylic acids is 1. The summed E-state index contributed by atoms with van der Waals surface area (Å²) in [6.07, 6.45) is 1.86. The lowest BCUT2D eigenvalue weighted by Crippen LogP contribution is -2.25. The Kier molecular flexibility index (Phi) is 3.81. The largest absolute Gasteiger partial charge is 0.396 e. The zero-order valence-electron chi connectivity index (χ0n) is 10.0. The summed E-state index contributed by atoms with van der Waals surface area (Å²) in [6.45, 7) is 0. The van der Waals surface area contributed by atoms with Crippen molar-refractivity contribution in [1.82, 2.24) is 5.32 Å². The Morgan fingerprint density at radius 2 is 2.28 bits per heavy atom. The van der Waals surface area contributed by atoms with Gasteiger partial charge in [-0.15, -0.1) is 0 Å². The van der Waals surface area contributed by atoms with E-state index in [4.69, 9.17) is 5.73 Å². The molecule has 4 N–H and O–H groups in total. The van der Waals surface area contributed by atoms with E-state index in [-0.39, 0.29) is 18.0 Å². The van der Waals surface area contributed by atoms with E-state index in [1.807, 2.05) is 0 Å². The molecule has 18 heavy (non-hydrogen) atoms. The van der Waals surface area contributed by atoms with Crippen molar-refractivity contribution >= 4 is 11.6 Å². The Bertz CT molecular complexity index is 447. The van der Waals surface area contributed by atoms with E-state index in [1.165, 1.54) is 18.2 Å². The Morgan fingerprint density at radius 3 is 2.89 bits per heavy atom. The van der Waals surface area contributed by atoms with Crippen molar-refractivity contribution in [3.63, 3.8) is 0 Å². The van der Waals surface area contributed by atoms with Gasteiger partial charge in [-0.25, -0.2) is 4.39 Å². The maximum absolute atomic E-state index is 13.0. The molecule has 1 aliphatic carbocycles. The predicted octanol–water partition coefficient (Wildman–Crippen LogP) is 1.50. The van der Waals surface area contributed by atoms with E-state index in [9.17, 15) is 14.3 Å². The number of hydrogen-bond donors (Lipinski definition) is 3. The summed E-state index contributed by atoms with van der Waals surface area (Å²) >= 11 is 0. The number of benzene rings is 1. The van der Waals surface area contributed by atoms with Crippen molar-refractivity contribution in [1.29, 1.82) is 0 Å². The highest BCUT2D eigenvalue weighted by atomic mass is 19.1. The van der Waals surface area contributed by atoms with Crippen molar-refractivity contribution in [2.45, 2.75) is 37.8 Å². The Morgan fingerprint density at radius 1 is 1.56 bits per heavy atom. The van der Waals surface area contributed by atoms with Gasteiger partial charge in [-0.1, -0.05) is 6.07 Å². The van der Waals surface area contributed by atoms with Crippen molar-refractivity contribution in [3.8, 4) is 0 Å². The lowest BCUT2D eigenvalue weighted by Gasteiger charge is -2.11. The van der Waals surface area contributed by atoms with Gasteiger partial charge in [0.1, 0.15) is 5.82 Å². The molecule has 1 aromatic carbocycles. The third kappa shape index (κ3) is 3.43. The molecule has 4 nitrogen and oxygen atoms in total. The zero-order valence-corrected chi connectivity index (χ0v) is 10.0. The summed E-state index contributed by atoms with van der Waals surface area (Å²) in [5, 5.41) is 12.7. The predicted molar refractivity (Wildman–Crippen MR) is 66.2 cm³/mol. The first-order valence-corrected chi connectivity index (χ1v) is 6.08. The second-order valence-corrected chi connectivity index (χ2v) is 4.68. The maximum Gasteiger partial charge on any atom is 0.220 e. The molecule has 0 bridgehead atoms. The molecule has 0 radical (unpaired) electrons. The van der Waals surface area contributed by atoms with Gasteiger partial charge in [0.05, 0.1) is 11.8 Å². The van der Waals surface area contributed by atoms with Gasteiger partial charge in [-0.3, -0.25) is 4.79 Å². The van der Waals surface area contributed by atoms with Gasteiger partial charge in [-0.2, -0.15) is 0 Å². The summed E-state index contributed by atoms with van der Waals surface area (Å²) in [6, 6.07) is 4.43. The van der Waals surface area contributed by atoms with Crippen LogP contribution in [0.4, 0.5) is 10.1 Å². The molecular weight excluding hydrogens is 235 g/mol. The van der Waals surface area contributed by atoms with Gasteiger partial charge in [-0.05, 0) is 37.0 Å². The van der Waals surface area contributed by atoms with Crippen LogP contribution in [-0.4, -0.2) is 17.1 Å². The number of halogens is 1. The van der Waals surface area contributed by atoms with Crippen LogP contribution < -0.4 is 11.1 Å². The highest BCUT2D eigenvalue weighted by Gasteiger charge is 2.23. The fourth-order valence-electron chi connectivity index (χ4n) is 1.73. The molecule has 2 rings (SSSR count). The number of carbonyl (C=O) groups is 1. The molecule has 1 amide bonds. The summed E-state index contributed by atoms with van der Waals surface area (Å²) in [4.78, 5) is 11.4. The topological polar surface area (TPSA) is 75.3 Å². The molecule has 98 valence electrons. The van der Waals surface area contributed by atoms with Crippen LogP contribution >= 0.6 is 0 Å². The third-order valence-corrected chi connectivity index (χ3v) is 2.99. The highest BCUT2D eigenvalue weighted by Crippen LogP contribution is 2.23. The molecule has 1 aromatic rings. The fraction of sp³-hybridized carbons (Fsp3) is 0.462. The molecule has 1 fully saturated rings. The molecule has 1 unspecified atom stereocenters. The van der Waals surface area contributed by atoms with E-state index in [2.05, 4.69) is 5.32 Å². The number of aliphatic hydroxyl groups excluding tert-OH is 1. The van der Waals surface area contributed by atoms with E-state index < -0.39 is 11.9 Å². The molecule has 0 saturated heterocycles. The highest BCUT2D eigenvalue weighted by molar-refractivity contribution is 5.76. The molecule has 1 atom stereocenters. The van der Waals surface area contributed by atoms with Crippen LogP contribution in [0.1, 0.15) is 37.4 Å². The van der Waals surface area contributed by atoms with E-state index in [1.54, 1.807) is 0 Å². The molecule has 1 aliphatic rings. The molecular formula is C13H17FN2O2. The minimum absolute atomic E-state index is 0.00832. The summed E-state index contributed by atoms with van der Waals surface area (Å²) in [7, 11) is 0. The van der Waals surface area contributed by atoms with E-state index >= 15 is 0 Å². The van der Waals surface area contributed by atoms with Crippen molar-refractivity contribution in [3.05, 3.63) is 29.6 Å². The monoisotopic (exact) mass is 252 g/mol. The van der Waals surface area contributed by atoms with Gasteiger partial charge in [0.15, 0.2) is 0 Å². The van der Waals surface area contributed by atoms with Gasteiger partial charge in [0, 0.05) is 12.5 Å². The lowest BCUT2D eigenvalue weighted by atomic mass is 10.0. The molecule has 0 aromatic heterocycles.